The molecule has 0 unspecified atom stereocenters. The Hall–Kier alpha value is -2.63. The lowest BCUT2D eigenvalue weighted by atomic mass is 9.90. The molecule has 0 saturated carbocycles. The number of benzene rings is 2. The van der Waals surface area contributed by atoms with Crippen LogP contribution in [0, 0.1) is 0 Å². The number of piperazine rings is 1. The van der Waals surface area contributed by atoms with Crippen molar-refractivity contribution in [2.45, 2.75) is 49.7 Å². The molecule has 5 rings (SSSR count). The number of hydrogen-bond donors (Lipinski definition) is 0. The molecular formula is C28H31F6N3O2. The van der Waals surface area contributed by atoms with E-state index in [-0.39, 0.29) is 18.7 Å². The van der Waals surface area contributed by atoms with Crippen molar-refractivity contribution >= 4 is 5.91 Å². The summed E-state index contributed by atoms with van der Waals surface area (Å²) in [6.45, 7) is 4.66. The Morgan fingerprint density at radius 3 is 1.97 bits per heavy atom. The average Bonchev–Trinajstić information content (AvgIpc) is 2.92. The molecule has 0 radical (unpaired) electrons. The van der Waals surface area contributed by atoms with Crippen molar-refractivity contribution in [3.05, 3.63) is 70.8 Å². The molecule has 3 aliphatic heterocycles. The maximum Gasteiger partial charge on any atom is 0.416 e. The van der Waals surface area contributed by atoms with Gasteiger partial charge < -0.3 is 9.64 Å². The number of morpholine rings is 1. The van der Waals surface area contributed by atoms with E-state index in [9.17, 15) is 31.1 Å². The van der Waals surface area contributed by atoms with Crippen LogP contribution in [-0.2, 0) is 23.5 Å². The number of amides is 1. The Labute approximate surface area is 223 Å². The minimum absolute atomic E-state index is 0.00820. The first kappa shape index (κ1) is 27.9. The van der Waals surface area contributed by atoms with Crippen molar-refractivity contribution in [2.24, 2.45) is 0 Å². The number of nitrogens with zero attached hydrogens (tertiary/aromatic N) is 3. The van der Waals surface area contributed by atoms with Gasteiger partial charge in [0.05, 0.1) is 24.3 Å². The molecule has 0 aromatic heterocycles. The molecule has 3 heterocycles. The Kier molecular flexibility index (Phi) is 7.94. The summed E-state index contributed by atoms with van der Waals surface area (Å²) in [6, 6.07) is 10.5. The molecule has 2 aromatic rings. The predicted molar refractivity (Wildman–Crippen MR) is 132 cm³/mol. The Bertz CT molecular complexity index is 1120. The molecule has 3 atom stereocenters. The van der Waals surface area contributed by atoms with Gasteiger partial charge >= 0.3 is 12.4 Å². The van der Waals surface area contributed by atoms with E-state index < -0.39 is 41.0 Å². The topological polar surface area (TPSA) is 36.0 Å². The fourth-order valence-corrected chi connectivity index (χ4v) is 6.05. The van der Waals surface area contributed by atoms with Crippen LogP contribution in [0.3, 0.4) is 0 Å². The number of fused-ring (bicyclic) bond motifs is 1. The van der Waals surface area contributed by atoms with Gasteiger partial charge in [0.2, 0.25) is 0 Å². The first-order valence-corrected chi connectivity index (χ1v) is 13.2. The zero-order chi connectivity index (χ0) is 27.8. The second-order valence-corrected chi connectivity index (χ2v) is 10.6. The maximum absolute atomic E-state index is 13.7. The molecule has 5 nitrogen and oxygen atoms in total. The van der Waals surface area contributed by atoms with Crippen LogP contribution in [0.4, 0.5) is 26.3 Å². The van der Waals surface area contributed by atoms with Crippen molar-refractivity contribution in [3.8, 4) is 0 Å². The van der Waals surface area contributed by atoms with E-state index in [1.807, 2.05) is 30.3 Å². The highest BCUT2D eigenvalue weighted by Gasteiger charge is 2.42. The normalized spacial score (nSPS) is 25.4. The van der Waals surface area contributed by atoms with Gasteiger partial charge in [0.15, 0.2) is 0 Å². The smallest absolute Gasteiger partial charge is 0.379 e. The molecule has 0 bridgehead atoms. The van der Waals surface area contributed by atoms with Gasteiger partial charge in [-0.15, -0.1) is 0 Å². The monoisotopic (exact) mass is 555 g/mol. The van der Waals surface area contributed by atoms with Gasteiger partial charge in [-0.05, 0) is 43.0 Å². The van der Waals surface area contributed by atoms with Crippen LogP contribution in [0.5, 0.6) is 0 Å². The quantitative estimate of drug-likeness (QED) is 0.500. The highest BCUT2D eigenvalue weighted by molar-refractivity contribution is 5.95. The summed E-state index contributed by atoms with van der Waals surface area (Å²) in [5.41, 5.74) is -2.61. The van der Waals surface area contributed by atoms with Gasteiger partial charge in [0.25, 0.3) is 5.91 Å². The third-order valence-electron chi connectivity index (χ3n) is 8.06. The molecule has 0 spiro atoms. The zero-order valence-corrected chi connectivity index (χ0v) is 21.3. The average molecular weight is 556 g/mol. The van der Waals surface area contributed by atoms with Crippen molar-refractivity contribution in [1.82, 2.24) is 14.7 Å². The lowest BCUT2D eigenvalue weighted by Crippen LogP contribution is -2.65. The van der Waals surface area contributed by atoms with Crippen LogP contribution in [0.2, 0.25) is 0 Å². The van der Waals surface area contributed by atoms with Crippen LogP contribution < -0.4 is 0 Å². The SMILES string of the molecule is O=C(c1cc(C(F)(F)F)cc(C(F)(F)F)c1)N1C[C@H]2CC[C@H](N3CCOCC3)CN2C[C@H]1Cc1ccccc1. The highest BCUT2D eigenvalue weighted by atomic mass is 19.4. The van der Waals surface area contributed by atoms with E-state index in [2.05, 4.69) is 9.80 Å². The molecule has 3 aliphatic rings. The van der Waals surface area contributed by atoms with Crippen LogP contribution in [0.1, 0.15) is 39.9 Å². The van der Waals surface area contributed by atoms with Crippen LogP contribution in [0.25, 0.3) is 0 Å². The van der Waals surface area contributed by atoms with Crippen molar-refractivity contribution in [3.63, 3.8) is 0 Å². The zero-order valence-electron chi connectivity index (χ0n) is 21.3. The summed E-state index contributed by atoms with van der Waals surface area (Å²) in [4.78, 5) is 20.0. The number of ether oxygens (including phenoxy) is 1. The molecule has 2 aromatic carbocycles. The lowest BCUT2D eigenvalue weighted by molar-refractivity contribution is -0.143. The molecular weight excluding hydrogens is 524 g/mol. The number of rotatable bonds is 4. The van der Waals surface area contributed by atoms with Gasteiger partial charge in [0.1, 0.15) is 0 Å². The molecule has 212 valence electrons. The van der Waals surface area contributed by atoms with Crippen molar-refractivity contribution in [1.29, 1.82) is 0 Å². The maximum atomic E-state index is 13.7. The molecule has 0 aliphatic carbocycles. The number of piperidine rings is 1. The summed E-state index contributed by atoms with van der Waals surface area (Å²) in [5.74, 6) is -0.803. The second kappa shape index (κ2) is 11.1. The number of halogens is 6. The Morgan fingerprint density at radius 2 is 1.38 bits per heavy atom. The first-order chi connectivity index (χ1) is 18.5. The van der Waals surface area contributed by atoms with Gasteiger partial charge in [-0.2, -0.15) is 26.3 Å². The molecule has 1 amide bonds. The van der Waals surface area contributed by atoms with Crippen LogP contribution in [0.15, 0.2) is 48.5 Å². The van der Waals surface area contributed by atoms with E-state index in [4.69, 9.17) is 4.74 Å². The van der Waals surface area contributed by atoms with Crippen molar-refractivity contribution in [2.75, 3.05) is 45.9 Å². The lowest BCUT2D eigenvalue weighted by Gasteiger charge is -2.52. The largest absolute Gasteiger partial charge is 0.416 e. The summed E-state index contributed by atoms with van der Waals surface area (Å²) >= 11 is 0. The van der Waals surface area contributed by atoms with E-state index in [1.165, 1.54) is 4.90 Å². The van der Waals surface area contributed by atoms with Crippen LogP contribution >= 0.6 is 0 Å². The molecule has 3 saturated heterocycles. The number of alkyl halides is 6. The summed E-state index contributed by atoms with van der Waals surface area (Å²) < 4.78 is 86.5. The Balaban J connectivity index is 1.43. The van der Waals surface area contributed by atoms with Crippen LogP contribution in [-0.4, -0.2) is 84.7 Å². The van der Waals surface area contributed by atoms with E-state index in [0.717, 1.165) is 38.0 Å². The molecule has 3 fully saturated rings. The predicted octanol–water partition coefficient (Wildman–Crippen LogP) is 4.96. The second-order valence-electron chi connectivity index (χ2n) is 10.6. The van der Waals surface area contributed by atoms with Crippen molar-refractivity contribution < 1.29 is 35.9 Å². The Morgan fingerprint density at radius 1 is 0.795 bits per heavy atom. The summed E-state index contributed by atoms with van der Waals surface area (Å²) in [6.07, 6.45) is -7.88. The fraction of sp³-hybridized carbons (Fsp3) is 0.536. The minimum Gasteiger partial charge on any atom is -0.379 e. The third kappa shape index (κ3) is 6.41. The number of carbonyl (C=O) groups excluding carboxylic acids is 1. The van der Waals surface area contributed by atoms with E-state index >= 15 is 0 Å². The van der Waals surface area contributed by atoms with E-state index in [1.54, 1.807) is 0 Å². The molecule has 0 N–H and O–H groups in total. The highest BCUT2D eigenvalue weighted by Crippen LogP contribution is 2.37. The van der Waals surface area contributed by atoms with Gasteiger partial charge in [0, 0.05) is 56.4 Å². The number of hydrogen-bond acceptors (Lipinski definition) is 4. The minimum atomic E-state index is -5.02. The van der Waals surface area contributed by atoms with Gasteiger partial charge in [-0.25, -0.2) is 0 Å². The number of carbonyl (C=O) groups is 1. The molecule has 11 heteroatoms. The van der Waals surface area contributed by atoms with Gasteiger partial charge in [-0.1, -0.05) is 30.3 Å². The third-order valence-corrected chi connectivity index (χ3v) is 8.06. The van der Waals surface area contributed by atoms with E-state index in [0.29, 0.717) is 44.4 Å². The van der Waals surface area contributed by atoms with Gasteiger partial charge in [-0.3, -0.25) is 14.6 Å². The first-order valence-electron chi connectivity index (χ1n) is 13.2. The standard InChI is InChI=1S/C28H31F6N3O2/c29-27(30,31)21-13-20(14-22(15-21)28(32,33)34)26(38)37-18-24-7-6-23(35-8-10-39-11-9-35)16-36(24)17-25(37)12-19-4-2-1-3-5-19/h1-5,13-15,23-25H,6-12,16-18H2/t23-,24+,25+/m0/s1. The summed E-state index contributed by atoms with van der Waals surface area (Å²) in [7, 11) is 0. The fourth-order valence-electron chi connectivity index (χ4n) is 6.05. The summed E-state index contributed by atoms with van der Waals surface area (Å²) in [5, 5.41) is 0. The molecule has 39 heavy (non-hydrogen) atoms.